The second kappa shape index (κ2) is 4.46. The van der Waals surface area contributed by atoms with Crippen molar-refractivity contribution in [2.24, 2.45) is 0 Å². The van der Waals surface area contributed by atoms with Crippen molar-refractivity contribution in [1.82, 2.24) is 14.9 Å². The molecule has 0 saturated carbocycles. The van der Waals surface area contributed by atoms with Gasteiger partial charge >= 0.3 is 0 Å². The molecular formula is C15H18N4. The molecule has 0 amide bonds. The van der Waals surface area contributed by atoms with Crippen molar-refractivity contribution in [2.75, 3.05) is 18.4 Å². The first kappa shape index (κ1) is 11.2. The van der Waals surface area contributed by atoms with Gasteiger partial charge in [0.2, 0.25) is 5.95 Å². The fourth-order valence-electron chi connectivity index (χ4n) is 3.46. The van der Waals surface area contributed by atoms with Crippen LogP contribution in [0.25, 0.3) is 10.9 Å². The van der Waals surface area contributed by atoms with Crippen LogP contribution in [0.4, 0.5) is 5.95 Å². The lowest BCUT2D eigenvalue weighted by Crippen LogP contribution is -2.34. The van der Waals surface area contributed by atoms with Gasteiger partial charge in [0.25, 0.3) is 0 Å². The van der Waals surface area contributed by atoms with Crippen LogP contribution >= 0.6 is 0 Å². The maximum atomic E-state index is 4.61. The predicted octanol–water partition coefficient (Wildman–Crippen LogP) is 2.28. The lowest BCUT2D eigenvalue weighted by Gasteiger charge is -2.21. The fraction of sp³-hybridized carbons (Fsp3) is 0.467. The molecule has 4 nitrogen and oxygen atoms in total. The Morgan fingerprint density at radius 1 is 1.16 bits per heavy atom. The number of rotatable bonds is 2. The second-order valence-corrected chi connectivity index (χ2v) is 5.54. The summed E-state index contributed by atoms with van der Waals surface area (Å²) in [6.07, 6.45) is 5.76. The highest BCUT2D eigenvalue weighted by molar-refractivity contribution is 5.78. The second-order valence-electron chi connectivity index (χ2n) is 5.54. The molecule has 4 rings (SSSR count). The first-order chi connectivity index (χ1) is 9.40. The average Bonchev–Trinajstić information content (AvgIpc) is 3.04. The molecule has 2 unspecified atom stereocenters. The summed E-state index contributed by atoms with van der Waals surface area (Å²) in [6.45, 7) is 2.48. The van der Waals surface area contributed by atoms with Gasteiger partial charge in [0.15, 0.2) is 0 Å². The van der Waals surface area contributed by atoms with Crippen LogP contribution in [0.5, 0.6) is 0 Å². The number of nitrogens with zero attached hydrogens (tertiary/aromatic N) is 3. The minimum Gasteiger partial charge on any atom is -0.350 e. The highest BCUT2D eigenvalue weighted by Crippen LogP contribution is 2.29. The van der Waals surface area contributed by atoms with E-state index in [9.17, 15) is 0 Å². The van der Waals surface area contributed by atoms with Crippen molar-refractivity contribution >= 4 is 16.9 Å². The van der Waals surface area contributed by atoms with E-state index in [-0.39, 0.29) is 0 Å². The number of nitrogens with one attached hydrogen (secondary N) is 1. The van der Waals surface area contributed by atoms with E-state index in [0.717, 1.165) is 16.9 Å². The number of hydrogen-bond acceptors (Lipinski definition) is 4. The van der Waals surface area contributed by atoms with E-state index in [2.05, 4.69) is 20.2 Å². The standard InChI is InChI=1S/C15H18N4/c1-2-5-12-11(4-1)10-16-15(17-12)18-13-7-9-19-8-3-6-14(13)19/h1-2,4-5,10,13-14H,3,6-9H2,(H,16,17,18). The number of benzene rings is 1. The lowest BCUT2D eigenvalue weighted by atomic mass is 10.1. The van der Waals surface area contributed by atoms with Crippen LogP contribution in [0.15, 0.2) is 30.5 Å². The molecule has 3 heterocycles. The maximum absolute atomic E-state index is 4.61. The third-order valence-electron chi connectivity index (χ3n) is 4.41. The Hall–Kier alpha value is -1.68. The zero-order valence-corrected chi connectivity index (χ0v) is 10.9. The molecule has 2 fully saturated rings. The van der Waals surface area contributed by atoms with E-state index < -0.39 is 0 Å². The zero-order chi connectivity index (χ0) is 12.7. The van der Waals surface area contributed by atoms with Crippen LogP contribution in [0.2, 0.25) is 0 Å². The van der Waals surface area contributed by atoms with Gasteiger partial charge in [-0.3, -0.25) is 4.90 Å². The SMILES string of the molecule is c1ccc2nc(NC3CCN4CCCC34)ncc2c1. The van der Waals surface area contributed by atoms with E-state index in [4.69, 9.17) is 0 Å². The van der Waals surface area contributed by atoms with Crippen molar-refractivity contribution in [3.63, 3.8) is 0 Å². The van der Waals surface area contributed by atoms with Crippen LogP contribution in [-0.2, 0) is 0 Å². The first-order valence-corrected chi connectivity index (χ1v) is 7.12. The molecule has 1 N–H and O–H groups in total. The minimum absolute atomic E-state index is 0.517. The van der Waals surface area contributed by atoms with Gasteiger partial charge < -0.3 is 5.32 Å². The number of hydrogen-bond donors (Lipinski definition) is 1. The van der Waals surface area contributed by atoms with Crippen molar-refractivity contribution in [2.45, 2.75) is 31.3 Å². The quantitative estimate of drug-likeness (QED) is 0.892. The van der Waals surface area contributed by atoms with Gasteiger partial charge in [0.05, 0.1) is 5.52 Å². The summed E-state index contributed by atoms with van der Waals surface area (Å²) in [6, 6.07) is 9.34. The summed E-state index contributed by atoms with van der Waals surface area (Å²) in [4.78, 5) is 11.7. The molecule has 2 aliphatic rings. The fourth-order valence-corrected chi connectivity index (χ4v) is 3.46. The third kappa shape index (κ3) is 1.96. The van der Waals surface area contributed by atoms with Gasteiger partial charge in [-0.1, -0.05) is 18.2 Å². The Balaban J connectivity index is 1.58. The largest absolute Gasteiger partial charge is 0.350 e. The highest BCUT2D eigenvalue weighted by Gasteiger charge is 2.37. The monoisotopic (exact) mass is 254 g/mol. The van der Waals surface area contributed by atoms with E-state index >= 15 is 0 Å². The van der Waals surface area contributed by atoms with Crippen LogP contribution < -0.4 is 5.32 Å². The highest BCUT2D eigenvalue weighted by atomic mass is 15.3. The third-order valence-corrected chi connectivity index (χ3v) is 4.41. The number of aromatic nitrogens is 2. The molecular weight excluding hydrogens is 236 g/mol. The van der Waals surface area contributed by atoms with Crippen molar-refractivity contribution < 1.29 is 0 Å². The topological polar surface area (TPSA) is 41.1 Å². The Morgan fingerprint density at radius 3 is 3.11 bits per heavy atom. The van der Waals surface area contributed by atoms with Gasteiger partial charge in [-0.15, -0.1) is 0 Å². The predicted molar refractivity (Wildman–Crippen MR) is 76.2 cm³/mol. The average molecular weight is 254 g/mol. The van der Waals surface area contributed by atoms with Crippen LogP contribution in [-0.4, -0.2) is 40.0 Å². The molecule has 4 heteroatoms. The molecule has 98 valence electrons. The van der Waals surface area contributed by atoms with Crippen molar-refractivity contribution in [1.29, 1.82) is 0 Å². The van der Waals surface area contributed by atoms with Gasteiger partial charge in [-0.2, -0.15) is 0 Å². The summed E-state index contributed by atoms with van der Waals surface area (Å²) in [5.74, 6) is 0.775. The molecule has 2 aliphatic heterocycles. The molecule has 0 radical (unpaired) electrons. The Bertz CT molecular complexity index is 597. The van der Waals surface area contributed by atoms with Crippen LogP contribution in [0, 0.1) is 0 Å². The molecule has 0 bridgehead atoms. The van der Waals surface area contributed by atoms with Crippen molar-refractivity contribution in [3.05, 3.63) is 30.5 Å². The molecule has 2 atom stereocenters. The molecule has 0 aliphatic carbocycles. The van der Waals surface area contributed by atoms with Gasteiger partial charge in [0, 0.05) is 30.2 Å². The number of fused-ring (bicyclic) bond motifs is 2. The molecule has 2 saturated heterocycles. The summed E-state index contributed by atoms with van der Waals surface area (Å²) >= 11 is 0. The normalized spacial score (nSPS) is 26.7. The Morgan fingerprint density at radius 2 is 2.11 bits per heavy atom. The Labute approximate surface area is 112 Å². The minimum atomic E-state index is 0.517. The molecule has 1 aromatic carbocycles. The molecule has 2 aromatic rings. The molecule has 19 heavy (non-hydrogen) atoms. The van der Waals surface area contributed by atoms with Crippen molar-refractivity contribution in [3.8, 4) is 0 Å². The maximum Gasteiger partial charge on any atom is 0.223 e. The van der Waals surface area contributed by atoms with E-state index in [1.54, 1.807) is 0 Å². The van der Waals surface area contributed by atoms with E-state index in [1.807, 2.05) is 30.5 Å². The van der Waals surface area contributed by atoms with E-state index in [0.29, 0.717) is 12.1 Å². The van der Waals surface area contributed by atoms with Crippen LogP contribution in [0.3, 0.4) is 0 Å². The molecule has 1 aromatic heterocycles. The van der Waals surface area contributed by atoms with Gasteiger partial charge in [-0.05, 0) is 31.9 Å². The summed E-state index contributed by atoms with van der Waals surface area (Å²) < 4.78 is 0. The number of anilines is 1. The van der Waals surface area contributed by atoms with E-state index in [1.165, 1.54) is 32.4 Å². The van der Waals surface area contributed by atoms with Gasteiger partial charge in [0.1, 0.15) is 0 Å². The molecule has 0 spiro atoms. The Kier molecular flexibility index (Phi) is 2.62. The van der Waals surface area contributed by atoms with Crippen LogP contribution in [0.1, 0.15) is 19.3 Å². The summed E-state index contributed by atoms with van der Waals surface area (Å²) in [5.41, 5.74) is 1.02. The smallest absolute Gasteiger partial charge is 0.223 e. The first-order valence-electron chi connectivity index (χ1n) is 7.12. The zero-order valence-electron chi connectivity index (χ0n) is 10.9. The summed E-state index contributed by atoms with van der Waals surface area (Å²) in [5, 5.41) is 4.64. The van der Waals surface area contributed by atoms with Gasteiger partial charge in [-0.25, -0.2) is 9.97 Å². The lowest BCUT2D eigenvalue weighted by molar-refractivity contribution is 0.318. The summed E-state index contributed by atoms with van der Waals surface area (Å²) in [7, 11) is 0. The number of para-hydroxylation sites is 1.